The molecule has 0 radical (unpaired) electrons. The van der Waals surface area contributed by atoms with Crippen LogP contribution < -0.4 is 5.32 Å². The lowest BCUT2D eigenvalue weighted by Gasteiger charge is -2.49. The Bertz CT molecular complexity index is 668. The number of nitrogens with zero attached hydrogens (tertiary/aromatic N) is 1. The molecule has 1 aliphatic rings. The van der Waals surface area contributed by atoms with Crippen LogP contribution in [-0.4, -0.2) is 47.6 Å². The molecular weight excluding hydrogens is 365 g/mol. The highest BCUT2D eigenvalue weighted by Gasteiger charge is 2.69. The first-order valence-electron chi connectivity index (χ1n) is 7.29. The second-order valence-electron chi connectivity index (χ2n) is 5.49. The lowest BCUT2D eigenvalue weighted by Crippen LogP contribution is -2.73. The van der Waals surface area contributed by atoms with Crippen LogP contribution in [0, 0.1) is 5.92 Å². The van der Waals surface area contributed by atoms with Gasteiger partial charge in [0.2, 0.25) is 0 Å². The summed E-state index contributed by atoms with van der Waals surface area (Å²) < 4.78 is 45.7. The average molecular weight is 381 g/mol. The minimum absolute atomic E-state index is 0.0566. The third kappa shape index (κ3) is 3.25. The summed E-state index contributed by atoms with van der Waals surface area (Å²) in [7, 11) is 0.757. The molecule has 0 aliphatic carbocycles. The Morgan fingerprint density at radius 3 is 2.44 bits per heavy atom. The highest BCUT2D eigenvalue weighted by Crippen LogP contribution is 2.46. The highest BCUT2D eigenvalue weighted by atomic mass is 35.5. The van der Waals surface area contributed by atoms with Gasteiger partial charge < -0.3 is 15.2 Å². The number of halogens is 4. The maximum absolute atomic E-state index is 13.7. The van der Waals surface area contributed by atoms with Gasteiger partial charge in [-0.05, 0) is 24.6 Å². The van der Waals surface area contributed by atoms with Crippen LogP contribution in [0.25, 0.3) is 0 Å². The first-order valence-corrected chi connectivity index (χ1v) is 7.67. The van der Waals surface area contributed by atoms with Crippen LogP contribution in [0.3, 0.4) is 0 Å². The number of ether oxygens (including phenoxy) is 1. The van der Waals surface area contributed by atoms with Gasteiger partial charge in [0.15, 0.2) is 0 Å². The van der Waals surface area contributed by atoms with Crippen LogP contribution >= 0.6 is 11.6 Å². The number of alkyl halides is 3. The number of esters is 1. The Kier molecular flexibility index (Phi) is 5.19. The van der Waals surface area contributed by atoms with E-state index in [0.29, 0.717) is 5.02 Å². The van der Waals surface area contributed by atoms with Crippen molar-refractivity contribution in [3.63, 3.8) is 0 Å². The van der Waals surface area contributed by atoms with Crippen molar-refractivity contribution < 1.29 is 32.6 Å². The number of carbonyl (C=O) groups excluding carboxylic acids is 2. The summed E-state index contributed by atoms with van der Waals surface area (Å²) in [6, 6.07) is 2.89. The van der Waals surface area contributed by atoms with E-state index in [1.165, 1.54) is 31.2 Å². The molecule has 1 aromatic rings. The molecule has 2 N–H and O–H groups in total. The van der Waals surface area contributed by atoms with Crippen LogP contribution in [0.2, 0.25) is 5.02 Å². The van der Waals surface area contributed by atoms with E-state index in [1.807, 2.05) is 0 Å². The monoisotopic (exact) mass is 380 g/mol. The van der Waals surface area contributed by atoms with Gasteiger partial charge in [-0.3, -0.25) is 9.69 Å². The molecule has 2 rings (SSSR count). The van der Waals surface area contributed by atoms with E-state index in [2.05, 4.69) is 5.32 Å². The first kappa shape index (κ1) is 19.3. The normalized spacial score (nSPS) is 27.0. The highest BCUT2D eigenvalue weighted by molar-refractivity contribution is 6.30. The third-order valence-corrected chi connectivity index (χ3v) is 4.30. The standard InChI is InChI=1S/C15H16ClF3N2O4/c1-3-25-12(22)10-11(8-4-6-9(16)7-5-8)20-13(23)21(2)14(10,24)15(17,18)19/h4-7,10-11,24H,3H2,1-2H3,(H,20,23)/t10-,11-,14-/m0/s1. The molecule has 25 heavy (non-hydrogen) atoms. The maximum Gasteiger partial charge on any atom is 0.437 e. The van der Waals surface area contributed by atoms with Crippen molar-refractivity contribution in [2.24, 2.45) is 5.92 Å². The number of hydrogen-bond acceptors (Lipinski definition) is 4. The topological polar surface area (TPSA) is 78.9 Å². The molecule has 1 aliphatic heterocycles. The lowest BCUT2D eigenvalue weighted by atomic mass is 9.81. The molecule has 0 bridgehead atoms. The molecule has 2 amide bonds. The Hall–Kier alpha value is -2.00. The summed E-state index contributed by atoms with van der Waals surface area (Å²) in [5, 5.41) is 13.0. The molecule has 1 aromatic carbocycles. The maximum atomic E-state index is 13.7. The molecule has 0 spiro atoms. The number of urea groups is 1. The van der Waals surface area contributed by atoms with Crippen molar-refractivity contribution >= 4 is 23.6 Å². The summed E-state index contributed by atoms with van der Waals surface area (Å²) in [5.41, 5.74) is -3.56. The van der Waals surface area contributed by atoms with Crippen LogP contribution in [0.4, 0.5) is 18.0 Å². The molecule has 0 saturated carbocycles. The number of nitrogens with one attached hydrogen (secondary N) is 1. The molecule has 138 valence electrons. The summed E-state index contributed by atoms with van der Waals surface area (Å²) in [6.45, 7) is 1.24. The largest absolute Gasteiger partial charge is 0.466 e. The summed E-state index contributed by atoms with van der Waals surface area (Å²) >= 11 is 5.76. The van der Waals surface area contributed by atoms with Gasteiger partial charge >= 0.3 is 18.2 Å². The molecule has 1 saturated heterocycles. The summed E-state index contributed by atoms with van der Waals surface area (Å²) in [6.07, 6.45) is -5.29. The Morgan fingerprint density at radius 1 is 1.40 bits per heavy atom. The number of amides is 2. The van der Waals surface area contributed by atoms with E-state index < -0.39 is 35.9 Å². The van der Waals surface area contributed by atoms with E-state index >= 15 is 0 Å². The number of hydrogen-bond donors (Lipinski definition) is 2. The summed E-state index contributed by atoms with van der Waals surface area (Å²) in [5.74, 6) is -3.41. The van der Waals surface area contributed by atoms with Gasteiger partial charge in [0.05, 0.1) is 12.6 Å². The van der Waals surface area contributed by atoms with Crippen LogP contribution in [0.5, 0.6) is 0 Å². The Balaban J connectivity index is 2.62. The van der Waals surface area contributed by atoms with Gasteiger partial charge in [0.25, 0.3) is 5.72 Å². The van der Waals surface area contributed by atoms with Crippen molar-refractivity contribution in [2.75, 3.05) is 13.7 Å². The second kappa shape index (κ2) is 6.72. The first-order chi connectivity index (χ1) is 11.5. The number of rotatable bonds is 3. The zero-order valence-electron chi connectivity index (χ0n) is 13.3. The lowest BCUT2D eigenvalue weighted by molar-refractivity contribution is -0.328. The predicted molar refractivity (Wildman–Crippen MR) is 81.6 cm³/mol. The third-order valence-electron chi connectivity index (χ3n) is 4.05. The molecule has 10 heteroatoms. The SMILES string of the molecule is CCOC(=O)[C@@H]1[C@H](c2ccc(Cl)cc2)NC(=O)N(C)[C@@]1(O)C(F)(F)F. The molecule has 0 unspecified atom stereocenters. The van der Waals surface area contributed by atoms with Crippen LogP contribution in [0.15, 0.2) is 24.3 Å². The zero-order chi connectivity index (χ0) is 19.0. The molecule has 1 heterocycles. The van der Waals surface area contributed by atoms with Crippen molar-refractivity contribution in [1.29, 1.82) is 0 Å². The second-order valence-corrected chi connectivity index (χ2v) is 5.93. The average Bonchev–Trinajstić information content (AvgIpc) is 2.52. The fourth-order valence-corrected chi connectivity index (χ4v) is 2.88. The fourth-order valence-electron chi connectivity index (χ4n) is 2.75. The molecule has 1 fully saturated rings. The minimum atomic E-state index is -5.29. The Morgan fingerprint density at radius 2 is 1.96 bits per heavy atom. The number of aliphatic hydroxyl groups is 1. The number of carbonyl (C=O) groups is 2. The van der Waals surface area contributed by atoms with E-state index in [1.54, 1.807) is 0 Å². The van der Waals surface area contributed by atoms with Crippen LogP contribution in [0.1, 0.15) is 18.5 Å². The van der Waals surface area contributed by atoms with Gasteiger partial charge in [-0.2, -0.15) is 13.2 Å². The molecule has 0 aromatic heterocycles. The number of benzene rings is 1. The van der Waals surface area contributed by atoms with Crippen molar-refractivity contribution in [1.82, 2.24) is 10.2 Å². The van der Waals surface area contributed by atoms with E-state index in [4.69, 9.17) is 16.3 Å². The van der Waals surface area contributed by atoms with E-state index in [9.17, 15) is 27.9 Å². The van der Waals surface area contributed by atoms with Crippen LogP contribution in [-0.2, 0) is 9.53 Å². The molecular formula is C15H16ClF3N2O4. The van der Waals surface area contributed by atoms with Gasteiger partial charge in [-0.15, -0.1) is 0 Å². The summed E-state index contributed by atoms with van der Waals surface area (Å²) in [4.78, 5) is 24.3. The van der Waals surface area contributed by atoms with Gasteiger partial charge in [0.1, 0.15) is 5.92 Å². The predicted octanol–water partition coefficient (Wildman–Crippen LogP) is 2.47. The zero-order valence-corrected chi connectivity index (χ0v) is 14.1. The Labute approximate surface area is 146 Å². The van der Waals surface area contributed by atoms with Crippen molar-refractivity contribution in [3.05, 3.63) is 34.9 Å². The smallest absolute Gasteiger partial charge is 0.437 e. The minimum Gasteiger partial charge on any atom is -0.466 e. The quantitative estimate of drug-likeness (QED) is 0.790. The van der Waals surface area contributed by atoms with Crippen molar-refractivity contribution in [3.8, 4) is 0 Å². The van der Waals surface area contributed by atoms with E-state index in [-0.39, 0.29) is 17.1 Å². The van der Waals surface area contributed by atoms with Gasteiger partial charge in [0, 0.05) is 12.1 Å². The molecule has 6 nitrogen and oxygen atoms in total. The fraction of sp³-hybridized carbons (Fsp3) is 0.467. The van der Waals surface area contributed by atoms with Gasteiger partial charge in [-0.1, -0.05) is 23.7 Å². The van der Waals surface area contributed by atoms with Gasteiger partial charge in [-0.25, -0.2) is 4.79 Å². The van der Waals surface area contributed by atoms with Crippen molar-refractivity contribution in [2.45, 2.75) is 24.9 Å². The van der Waals surface area contributed by atoms with E-state index in [0.717, 1.165) is 7.05 Å². The molecule has 3 atom stereocenters.